The second kappa shape index (κ2) is 5.58. The molecule has 0 saturated carbocycles. The first-order valence-electron chi connectivity index (χ1n) is 6.61. The number of carbonyl (C=O) groups excluding carboxylic acids is 1. The minimum atomic E-state index is -0.0753. The van der Waals surface area contributed by atoms with Gasteiger partial charge in [-0.15, -0.1) is 11.3 Å². The molecule has 1 aliphatic heterocycles. The predicted octanol–water partition coefficient (Wildman–Crippen LogP) is 4.49. The van der Waals surface area contributed by atoms with Gasteiger partial charge in [0.15, 0.2) is 0 Å². The molecule has 1 amide bonds. The van der Waals surface area contributed by atoms with Gasteiger partial charge < -0.3 is 10.2 Å². The van der Waals surface area contributed by atoms with Crippen LogP contribution in [0.25, 0.3) is 0 Å². The third-order valence-corrected chi connectivity index (χ3v) is 5.09. The fourth-order valence-corrected chi connectivity index (χ4v) is 3.97. The summed E-state index contributed by atoms with van der Waals surface area (Å²) >= 11 is 5.14. The van der Waals surface area contributed by atoms with E-state index in [4.69, 9.17) is 0 Å². The lowest BCUT2D eigenvalue weighted by Gasteiger charge is -2.37. The van der Waals surface area contributed by atoms with Crippen LogP contribution < -0.4 is 5.32 Å². The van der Waals surface area contributed by atoms with Gasteiger partial charge in [-0.3, -0.25) is 4.79 Å². The molecule has 0 saturated heterocycles. The Kier molecular flexibility index (Phi) is 3.81. The summed E-state index contributed by atoms with van der Waals surface area (Å²) in [6.07, 6.45) is 0.868. The van der Waals surface area contributed by atoms with Crippen molar-refractivity contribution < 1.29 is 4.79 Å². The van der Waals surface area contributed by atoms with Crippen molar-refractivity contribution in [3.8, 4) is 0 Å². The first-order valence-corrected chi connectivity index (χ1v) is 8.28. The van der Waals surface area contributed by atoms with Crippen LogP contribution in [-0.2, 0) is 0 Å². The number of amides is 1. The zero-order chi connectivity index (χ0) is 14.1. The van der Waals surface area contributed by atoms with Gasteiger partial charge in [-0.1, -0.05) is 19.1 Å². The smallest absolute Gasteiger partial charge is 0.257 e. The molecule has 1 N–H and O–H groups in total. The molecule has 5 heteroatoms. The molecule has 1 unspecified atom stereocenters. The first-order chi connectivity index (χ1) is 9.70. The molecule has 20 heavy (non-hydrogen) atoms. The number of anilines is 1. The molecule has 3 nitrogen and oxygen atoms in total. The van der Waals surface area contributed by atoms with Gasteiger partial charge in [-0.2, -0.15) is 0 Å². The largest absolute Gasteiger partial charge is 0.360 e. The van der Waals surface area contributed by atoms with Crippen LogP contribution in [-0.4, -0.2) is 17.4 Å². The van der Waals surface area contributed by atoms with Gasteiger partial charge in [-0.05, 0) is 40.5 Å². The number of nitrogens with zero attached hydrogens (tertiary/aromatic N) is 1. The molecule has 0 spiro atoms. The van der Waals surface area contributed by atoms with Crippen LogP contribution in [0.1, 0.15) is 34.7 Å². The Morgan fingerprint density at radius 3 is 2.90 bits per heavy atom. The van der Waals surface area contributed by atoms with E-state index in [0.717, 1.165) is 33.6 Å². The summed E-state index contributed by atoms with van der Waals surface area (Å²) in [6, 6.07) is 9.78. The van der Waals surface area contributed by atoms with Gasteiger partial charge in [0, 0.05) is 27.0 Å². The lowest BCUT2D eigenvalue weighted by molar-refractivity contribution is 0.0686. The van der Waals surface area contributed by atoms with Crippen molar-refractivity contribution in [2.24, 2.45) is 0 Å². The summed E-state index contributed by atoms with van der Waals surface area (Å²) in [5, 5.41) is 5.53. The number of benzene rings is 1. The number of hydrogen-bond acceptors (Lipinski definition) is 3. The first kappa shape index (κ1) is 13.6. The predicted molar refractivity (Wildman–Crippen MR) is 86.2 cm³/mol. The Bertz CT molecular complexity index is 640. The Morgan fingerprint density at radius 1 is 1.40 bits per heavy atom. The van der Waals surface area contributed by atoms with E-state index >= 15 is 0 Å². The molecular weight excluding hydrogens is 336 g/mol. The average Bonchev–Trinajstić information content (AvgIpc) is 2.88. The molecule has 0 bridgehead atoms. The molecule has 3 rings (SSSR count). The molecule has 1 aliphatic rings. The van der Waals surface area contributed by atoms with Crippen molar-refractivity contribution in [2.75, 3.05) is 11.9 Å². The fraction of sp³-hybridized carbons (Fsp3) is 0.267. The van der Waals surface area contributed by atoms with E-state index < -0.39 is 0 Å². The van der Waals surface area contributed by atoms with Gasteiger partial charge in [0.1, 0.15) is 6.17 Å². The van der Waals surface area contributed by atoms with Crippen molar-refractivity contribution in [2.45, 2.75) is 19.5 Å². The maximum absolute atomic E-state index is 12.7. The highest BCUT2D eigenvalue weighted by Crippen LogP contribution is 2.36. The molecular formula is C15H15BrN2OS. The molecule has 1 aromatic heterocycles. The summed E-state index contributed by atoms with van der Waals surface area (Å²) < 4.78 is 1.06. The minimum Gasteiger partial charge on any atom is -0.360 e. The van der Waals surface area contributed by atoms with Gasteiger partial charge >= 0.3 is 0 Å². The molecule has 104 valence electrons. The normalized spacial score (nSPS) is 17.8. The number of halogens is 1. The number of hydrogen-bond donors (Lipinski definition) is 1. The summed E-state index contributed by atoms with van der Waals surface area (Å²) in [4.78, 5) is 15.7. The summed E-state index contributed by atoms with van der Waals surface area (Å²) in [6.45, 7) is 2.84. The van der Waals surface area contributed by atoms with Crippen LogP contribution in [0.15, 0.2) is 40.2 Å². The SMILES string of the molecule is CCCN1C(=O)c2ccccc2NC1c1cc(Br)cs1. The van der Waals surface area contributed by atoms with Gasteiger partial charge in [-0.25, -0.2) is 0 Å². The highest BCUT2D eigenvalue weighted by molar-refractivity contribution is 9.10. The number of fused-ring (bicyclic) bond motifs is 1. The Hall–Kier alpha value is -1.33. The van der Waals surface area contributed by atoms with E-state index in [-0.39, 0.29) is 12.1 Å². The Balaban J connectivity index is 2.03. The van der Waals surface area contributed by atoms with Crippen molar-refractivity contribution in [1.29, 1.82) is 0 Å². The second-order valence-electron chi connectivity index (χ2n) is 4.76. The van der Waals surface area contributed by atoms with Gasteiger partial charge in [0.2, 0.25) is 0 Å². The molecule has 2 heterocycles. The summed E-state index contributed by atoms with van der Waals surface area (Å²) in [5.74, 6) is 0.107. The summed E-state index contributed by atoms with van der Waals surface area (Å²) in [7, 11) is 0. The molecule has 0 radical (unpaired) electrons. The Morgan fingerprint density at radius 2 is 2.20 bits per heavy atom. The lowest BCUT2D eigenvalue weighted by atomic mass is 10.1. The topological polar surface area (TPSA) is 32.3 Å². The quantitative estimate of drug-likeness (QED) is 0.884. The lowest BCUT2D eigenvalue weighted by Crippen LogP contribution is -2.42. The van der Waals surface area contributed by atoms with E-state index in [1.54, 1.807) is 11.3 Å². The van der Waals surface area contributed by atoms with E-state index in [1.165, 1.54) is 0 Å². The van der Waals surface area contributed by atoms with E-state index in [9.17, 15) is 4.79 Å². The second-order valence-corrected chi connectivity index (χ2v) is 6.62. The van der Waals surface area contributed by atoms with Crippen molar-refractivity contribution in [3.05, 3.63) is 50.6 Å². The molecule has 2 aromatic rings. The number of rotatable bonds is 3. The fourth-order valence-electron chi connectivity index (χ4n) is 2.46. The van der Waals surface area contributed by atoms with Crippen LogP contribution in [0.3, 0.4) is 0 Å². The zero-order valence-electron chi connectivity index (χ0n) is 11.1. The van der Waals surface area contributed by atoms with Crippen molar-refractivity contribution >= 4 is 38.9 Å². The highest BCUT2D eigenvalue weighted by atomic mass is 79.9. The standard InChI is InChI=1S/C15H15BrN2OS/c1-2-7-18-14(13-8-10(16)9-20-13)17-12-6-4-3-5-11(12)15(18)19/h3-6,8-9,14,17H,2,7H2,1H3. The Labute approximate surface area is 130 Å². The molecule has 0 fully saturated rings. The monoisotopic (exact) mass is 350 g/mol. The molecule has 1 aromatic carbocycles. The number of carbonyl (C=O) groups is 1. The maximum atomic E-state index is 12.7. The van der Waals surface area contributed by atoms with Crippen LogP contribution in [0.2, 0.25) is 0 Å². The van der Waals surface area contributed by atoms with Crippen molar-refractivity contribution in [1.82, 2.24) is 4.90 Å². The van der Waals surface area contributed by atoms with Crippen LogP contribution in [0, 0.1) is 0 Å². The van der Waals surface area contributed by atoms with Crippen LogP contribution in [0.4, 0.5) is 5.69 Å². The van der Waals surface area contributed by atoms with E-state index in [2.05, 4.69) is 34.2 Å². The third kappa shape index (κ3) is 2.36. The highest BCUT2D eigenvalue weighted by Gasteiger charge is 2.32. The number of para-hydroxylation sites is 1. The third-order valence-electron chi connectivity index (χ3n) is 3.34. The number of nitrogens with one attached hydrogen (secondary N) is 1. The molecule has 0 aliphatic carbocycles. The summed E-state index contributed by atoms with van der Waals surface area (Å²) in [5.41, 5.74) is 1.67. The van der Waals surface area contributed by atoms with Gasteiger partial charge in [0.25, 0.3) is 5.91 Å². The molecule has 1 atom stereocenters. The van der Waals surface area contributed by atoms with Crippen LogP contribution in [0.5, 0.6) is 0 Å². The maximum Gasteiger partial charge on any atom is 0.257 e. The minimum absolute atomic E-state index is 0.0753. The van der Waals surface area contributed by atoms with E-state index in [0.29, 0.717) is 0 Å². The average molecular weight is 351 g/mol. The van der Waals surface area contributed by atoms with E-state index in [1.807, 2.05) is 34.5 Å². The van der Waals surface area contributed by atoms with Crippen LogP contribution >= 0.6 is 27.3 Å². The number of thiophene rings is 1. The zero-order valence-corrected chi connectivity index (χ0v) is 13.5. The van der Waals surface area contributed by atoms with Crippen molar-refractivity contribution in [3.63, 3.8) is 0 Å². The van der Waals surface area contributed by atoms with Gasteiger partial charge in [0.05, 0.1) is 5.56 Å².